The van der Waals surface area contributed by atoms with Gasteiger partial charge in [0.15, 0.2) is 0 Å². The van der Waals surface area contributed by atoms with Gasteiger partial charge in [-0.15, -0.1) is 0 Å². The van der Waals surface area contributed by atoms with E-state index < -0.39 is 0 Å². The fourth-order valence-electron chi connectivity index (χ4n) is 2.76. The Morgan fingerprint density at radius 3 is 2.90 bits per heavy atom. The number of fused-ring (bicyclic) bond motifs is 1. The van der Waals surface area contributed by atoms with Gasteiger partial charge in [0, 0.05) is 12.2 Å². The van der Waals surface area contributed by atoms with E-state index in [1.807, 2.05) is 6.92 Å². The molecular formula is C17H26N2O. The smallest absolute Gasteiger partial charge is 0.242 e. The Morgan fingerprint density at radius 1 is 1.30 bits per heavy atom. The molecule has 3 nitrogen and oxygen atoms in total. The van der Waals surface area contributed by atoms with Crippen LogP contribution in [0.1, 0.15) is 50.7 Å². The van der Waals surface area contributed by atoms with Crippen LogP contribution in [-0.4, -0.2) is 18.5 Å². The zero-order valence-corrected chi connectivity index (χ0v) is 12.7. The van der Waals surface area contributed by atoms with Gasteiger partial charge in [-0.3, -0.25) is 4.79 Å². The number of aryl methyl sites for hydroxylation is 1. The van der Waals surface area contributed by atoms with E-state index in [1.54, 1.807) is 0 Å². The molecule has 0 aromatic heterocycles. The van der Waals surface area contributed by atoms with Gasteiger partial charge in [-0.05, 0) is 56.2 Å². The average Bonchev–Trinajstić information content (AvgIpc) is 2.47. The maximum Gasteiger partial charge on any atom is 0.242 e. The van der Waals surface area contributed by atoms with Gasteiger partial charge < -0.3 is 10.6 Å². The van der Waals surface area contributed by atoms with Crippen molar-refractivity contribution in [3.05, 3.63) is 29.3 Å². The van der Waals surface area contributed by atoms with Crippen LogP contribution in [-0.2, 0) is 17.6 Å². The maximum absolute atomic E-state index is 12.0. The van der Waals surface area contributed by atoms with Gasteiger partial charge in [0.25, 0.3) is 0 Å². The second-order valence-electron chi connectivity index (χ2n) is 5.66. The molecule has 0 spiro atoms. The van der Waals surface area contributed by atoms with Crippen molar-refractivity contribution in [3.8, 4) is 0 Å². The van der Waals surface area contributed by atoms with Gasteiger partial charge in [0.05, 0.1) is 0 Å². The van der Waals surface area contributed by atoms with Crippen LogP contribution >= 0.6 is 0 Å². The summed E-state index contributed by atoms with van der Waals surface area (Å²) in [5.41, 5.74) is 3.99. The van der Waals surface area contributed by atoms with Crippen molar-refractivity contribution in [1.29, 1.82) is 0 Å². The first-order chi connectivity index (χ1) is 9.72. The van der Waals surface area contributed by atoms with E-state index in [4.69, 9.17) is 0 Å². The summed E-state index contributed by atoms with van der Waals surface area (Å²) in [5, 5.41) is 6.37. The number of benzene rings is 1. The molecule has 1 aromatic rings. The number of hydrogen-bond donors (Lipinski definition) is 2. The highest BCUT2D eigenvalue weighted by atomic mass is 16.2. The molecule has 0 radical (unpaired) electrons. The van der Waals surface area contributed by atoms with Crippen LogP contribution in [0.3, 0.4) is 0 Å². The molecule has 110 valence electrons. The summed E-state index contributed by atoms with van der Waals surface area (Å²) >= 11 is 0. The molecule has 0 saturated carbocycles. The third kappa shape index (κ3) is 3.75. The van der Waals surface area contributed by atoms with Crippen LogP contribution in [0.25, 0.3) is 0 Å². The Balaban J connectivity index is 1.97. The zero-order valence-electron chi connectivity index (χ0n) is 12.7. The molecule has 0 fully saturated rings. The number of hydrogen-bond acceptors (Lipinski definition) is 2. The summed E-state index contributed by atoms with van der Waals surface area (Å²) in [7, 11) is 0. The van der Waals surface area contributed by atoms with Crippen molar-refractivity contribution in [2.45, 2.75) is 58.4 Å². The lowest BCUT2D eigenvalue weighted by molar-refractivity contribution is -0.121. The van der Waals surface area contributed by atoms with Crippen molar-refractivity contribution >= 4 is 11.6 Å². The van der Waals surface area contributed by atoms with Crippen LogP contribution in [0, 0.1) is 0 Å². The number of carbonyl (C=O) groups is 1. The van der Waals surface area contributed by atoms with E-state index in [0.29, 0.717) is 0 Å². The van der Waals surface area contributed by atoms with E-state index in [9.17, 15) is 4.79 Å². The highest BCUT2D eigenvalue weighted by molar-refractivity contribution is 5.84. The van der Waals surface area contributed by atoms with Crippen molar-refractivity contribution in [1.82, 2.24) is 5.32 Å². The number of carbonyl (C=O) groups excluding carboxylic acids is 1. The SMILES string of the molecule is CCCCNC(=O)C(C)Nc1cccc2c1CCCC2. The monoisotopic (exact) mass is 274 g/mol. The number of amides is 1. The predicted molar refractivity (Wildman–Crippen MR) is 84.1 cm³/mol. The summed E-state index contributed by atoms with van der Waals surface area (Å²) in [5.74, 6) is 0.0897. The third-order valence-electron chi connectivity index (χ3n) is 3.99. The maximum atomic E-state index is 12.0. The molecule has 0 aliphatic heterocycles. The molecule has 1 amide bonds. The molecule has 2 rings (SSSR count). The molecule has 0 bridgehead atoms. The van der Waals surface area contributed by atoms with Crippen LogP contribution < -0.4 is 10.6 Å². The lowest BCUT2D eigenvalue weighted by atomic mass is 9.90. The Bertz CT molecular complexity index is 456. The number of rotatable bonds is 6. The summed E-state index contributed by atoms with van der Waals surface area (Å²) in [6, 6.07) is 6.22. The number of nitrogens with one attached hydrogen (secondary N) is 2. The Hall–Kier alpha value is -1.51. The molecule has 20 heavy (non-hydrogen) atoms. The molecule has 1 atom stereocenters. The first-order valence-electron chi connectivity index (χ1n) is 7.87. The second kappa shape index (κ2) is 7.32. The number of anilines is 1. The van der Waals surface area contributed by atoms with E-state index in [-0.39, 0.29) is 11.9 Å². The van der Waals surface area contributed by atoms with Gasteiger partial charge >= 0.3 is 0 Å². The summed E-state index contributed by atoms with van der Waals surface area (Å²) in [6.45, 7) is 4.84. The molecule has 1 aliphatic carbocycles. The van der Waals surface area contributed by atoms with Gasteiger partial charge in [-0.2, -0.15) is 0 Å². The number of unbranched alkanes of at least 4 members (excludes halogenated alkanes) is 1. The lowest BCUT2D eigenvalue weighted by Crippen LogP contribution is -2.38. The predicted octanol–water partition coefficient (Wildman–Crippen LogP) is 3.28. The molecule has 1 aliphatic rings. The molecule has 1 aromatic carbocycles. The average molecular weight is 274 g/mol. The topological polar surface area (TPSA) is 41.1 Å². The van der Waals surface area contributed by atoms with Crippen molar-refractivity contribution < 1.29 is 4.79 Å². The normalized spacial score (nSPS) is 15.3. The molecular weight excluding hydrogens is 248 g/mol. The van der Waals surface area contributed by atoms with Crippen molar-refractivity contribution in [2.75, 3.05) is 11.9 Å². The summed E-state index contributed by atoms with van der Waals surface area (Å²) in [6.07, 6.45) is 6.98. The Morgan fingerprint density at radius 2 is 2.10 bits per heavy atom. The van der Waals surface area contributed by atoms with Crippen LogP contribution in [0.4, 0.5) is 5.69 Å². The Labute approximate surface area is 122 Å². The lowest BCUT2D eigenvalue weighted by Gasteiger charge is -2.22. The van der Waals surface area contributed by atoms with Gasteiger partial charge in [-0.1, -0.05) is 25.5 Å². The minimum atomic E-state index is -0.180. The molecule has 2 N–H and O–H groups in total. The molecule has 0 saturated heterocycles. The fourth-order valence-corrected chi connectivity index (χ4v) is 2.76. The Kier molecular flexibility index (Phi) is 5.45. The van der Waals surface area contributed by atoms with Gasteiger partial charge in [-0.25, -0.2) is 0 Å². The first-order valence-corrected chi connectivity index (χ1v) is 7.87. The summed E-state index contributed by atoms with van der Waals surface area (Å²) in [4.78, 5) is 12.0. The third-order valence-corrected chi connectivity index (χ3v) is 3.99. The van der Waals surface area contributed by atoms with Crippen LogP contribution in [0.5, 0.6) is 0 Å². The van der Waals surface area contributed by atoms with E-state index in [1.165, 1.54) is 30.4 Å². The van der Waals surface area contributed by atoms with Crippen LogP contribution in [0.2, 0.25) is 0 Å². The van der Waals surface area contributed by atoms with Crippen molar-refractivity contribution in [3.63, 3.8) is 0 Å². The molecule has 3 heteroatoms. The second-order valence-corrected chi connectivity index (χ2v) is 5.66. The first kappa shape index (κ1) is 14.9. The van der Waals surface area contributed by atoms with Gasteiger partial charge in [0.2, 0.25) is 5.91 Å². The fraction of sp³-hybridized carbons (Fsp3) is 0.588. The van der Waals surface area contributed by atoms with Crippen molar-refractivity contribution in [2.24, 2.45) is 0 Å². The summed E-state index contributed by atoms with van der Waals surface area (Å²) < 4.78 is 0. The highest BCUT2D eigenvalue weighted by Crippen LogP contribution is 2.28. The van der Waals surface area contributed by atoms with E-state index in [2.05, 4.69) is 35.8 Å². The minimum Gasteiger partial charge on any atom is -0.374 e. The zero-order chi connectivity index (χ0) is 14.4. The van der Waals surface area contributed by atoms with Gasteiger partial charge in [0.1, 0.15) is 6.04 Å². The van der Waals surface area contributed by atoms with Crippen LogP contribution in [0.15, 0.2) is 18.2 Å². The largest absolute Gasteiger partial charge is 0.374 e. The quantitative estimate of drug-likeness (QED) is 0.782. The van der Waals surface area contributed by atoms with E-state index in [0.717, 1.165) is 31.5 Å². The van der Waals surface area contributed by atoms with E-state index >= 15 is 0 Å². The minimum absolute atomic E-state index is 0.0897. The molecule has 0 heterocycles. The molecule has 1 unspecified atom stereocenters. The highest BCUT2D eigenvalue weighted by Gasteiger charge is 2.17. The standard InChI is InChI=1S/C17H26N2O/c1-3-4-12-18-17(20)13(2)19-16-11-7-9-14-8-5-6-10-15(14)16/h7,9,11,13,19H,3-6,8,10,12H2,1-2H3,(H,18,20).